The van der Waals surface area contributed by atoms with Gasteiger partial charge in [-0.05, 0) is 31.1 Å². The van der Waals surface area contributed by atoms with E-state index in [1.807, 2.05) is 0 Å². The van der Waals surface area contributed by atoms with Crippen LogP contribution >= 0.6 is 0 Å². The lowest BCUT2D eigenvalue weighted by Crippen LogP contribution is -2.36. The average Bonchev–Trinajstić information content (AvgIpc) is 2.96. The minimum Gasteiger partial charge on any atom is -0.465 e. The van der Waals surface area contributed by atoms with Crippen LogP contribution < -0.4 is 0 Å². The molecular weight excluding hydrogens is 206 g/mol. The first kappa shape index (κ1) is 11.0. The van der Waals surface area contributed by atoms with Crippen LogP contribution in [0.3, 0.4) is 0 Å². The lowest BCUT2D eigenvalue weighted by molar-refractivity contribution is -0.127. The second-order valence-corrected chi connectivity index (χ2v) is 3.86. The predicted octanol–water partition coefficient (Wildman–Crippen LogP) is 1.28. The van der Waals surface area contributed by atoms with Gasteiger partial charge < -0.3 is 14.4 Å². The molecule has 1 aliphatic heterocycles. The summed E-state index contributed by atoms with van der Waals surface area (Å²) in [6.45, 7) is 0.771. The third-order valence-corrected chi connectivity index (χ3v) is 2.80. The van der Waals surface area contributed by atoms with Crippen LogP contribution in [0.15, 0.2) is 28.9 Å². The molecule has 4 nitrogen and oxygen atoms in total. The molecule has 0 spiro atoms. The summed E-state index contributed by atoms with van der Waals surface area (Å²) in [5, 5.41) is 9.10. The van der Waals surface area contributed by atoms with E-state index in [2.05, 4.69) is 0 Å². The summed E-state index contributed by atoms with van der Waals surface area (Å²) < 4.78 is 5.09. The molecule has 1 unspecified atom stereocenters. The highest BCUT2D eigenvalue weighted by molar-refractivity contribution is 5.91. The first-order valence-corrected chi connectivity index (χ1v) is 5.44. The smallest absolute Gasteiger partial charge is 0.247 e. The Hall–Kier alpha value is -1.55. The molecule has 1 amide bonds. The van der Waals surface area contributed by atoms with Gasteiger partial charge in [0.15, 0.2) is 0 Å². The Balaban J connectivity index is 1.97. The monoisotopic (exact) mass is 221 g/mol. The molecule has 1 atom stereocenters. The zero-order valence-electron chi connectivity index (χ0n) is 9.00. The van der Waals surface area contributed by atoms with Crippen LogP contribution in [0, 0.1) is 0 Å². The molecule has 1 saturated heterocycles. The molecule has 2 heterocycles. The summed E-state index contributed by atoms with van der Waals surface area (Å²) in [5.74, 6) is 0.598. The standard InChI is InChI=1S/C12H15NO3/c14-9-10-3-1-7-13(10)12(15)6-5-11-4-2-8-16-11/h2,4-6,8,10,14H,1,3,7,9H2/b6-5+. The molecular formula is C12H15NO3. The Morgan fingerprint density at radius 3 is 3.25 bits per heavy atom. The fourth-order valence-corrected chi connectivity index (χ4v) is 1.95. The van der Waals surface area contributed by atoms with Gasteiger partial charge in [-0.15, -0.1) is 0 Å². The van der Waals surface area contributed by atoms with Crippen LogP contribution in [-0.2, 0) is 4.79 Å². The lowest BCUT2D eigenvalue weighted by atomic mass is 10.2. The second kappa shape index (κ2) is 4.99. The maximum atomic E-state index is 11.8. The summed E-state index contributed by atoms with van der Waals surface area (Å²) in [6.07, 6.45) is 6.56. The van der Waals surface area contributed by atoms with Crippen molar-refractivity contribution in [3.63, 3.8) is 0 Å². The number of hydrogen-bond acceptors (Lipinski definition) is 3. The van der Waals surface area contributed by atoms with Gasteiger partial charge >= 0.3 is 0 Å². The molecule has 1 N–H and O–H groups in total. The van der Waals surface area contributed by atoms with Crippen molar-refractivity contribution in [3.8, 4) is 0 Å². The minimum atomic E-state index is -0.0621. The molecule has 1 aromatic heterocycles. The van der Waals surface area contributed by atoms with E-state index in [0.29, 0.717) is 5.76 Å². The molecule has 1 aromatic rings. The molecule has 0 aliphatic carbocycles. The summed E-state index contributed by atoms with van der Waals surface area (Å²) >= 11 is 0. The lowest BCUT2D eigenvalue weighted by Gasteiger charge is -2.21. The highest BCUT2D eigenvalue weighted by Crippen LogP contribution is 2.17. The molecule has 0 aromatic carbocycles. The third kappa shape index (κ3) is 2.33. The van der Waals surface area contributed by atoms with Crippen LogP contribution in [0.4, 0.5) is 0 Å². The molecule has 0 bridgehead atoms. The fourth-order valence-electron chi connectivity index (χ4n) is 1.95. The normalized spacial score (nSPS) is 20.8. The number of aliphatic hydroxyl groups excluding tert-OH is 1. The SMILES string of the molecule is O=C(/C=C/c1ccco1)N1CCCC1CO. The highest BCUT2D eigenvalue weighted by Gasteiger charge is 2.26. The van der Waals surface area contributed by atoms with Gasteiger partial charge in [0.2, 0.25) is 5.91 Å². The van der Waals surface area contributed by atoms with Crippen molar-refractivity contribution in [1.29, 1.82) is 0 Å². The van der Waals surface area contributed by atoms with E-state index in [-0.39, 0.29) is 18.6 Å². The fraction of sp³-hybridized carbons (Fsp3) is 0.417. The van der Waals surface area contributed by atoms with Gasteiger partial charge in [0, 0.05) is 12.6 Å². The first-order valence-electron chi connectivity index (χ1n) is 5.44. The number of furan rings is 1. The van der Waals surface area contributed by atoms with Gasteiger partial charge in [0.25, 0.3) is 0 Å². The third-order valence-electron chi connectivity index (χ3n) is 2.80. The highest BCUT2D eigenvalue weighted by atomic mass is 16.3. The van der Waals surface area contributed by atoms with Gasteiger partial charge in [-0.2, -0.15) is 0 Å². The number of likely N-dealkylation sites (tertiary alicyclic amines) is 1. The summed E-state index contributed by atoms with van der Waals surface area (Å²) in [5.41, 5.74) is 0. The molecule has 4 heteroatoms. The van der Waals surface area contributed by atoms with Crippen LogP contribution in [0.5, 0.6) is 0 Å². The molecule has 0 saturated carbocycles. The average molecular weight is 221 g/mol. The molecule has 1 aliphatic rings. The summed E-state index contributed by atoms with van der Waals surface area (Å²) in [6, 6.07) is 3.54. The van der Waals surface area contributed by atoms with Crippen molar-refractivity contribution in [1.82, 2.24) is 4.90 Å². The largest absolute Gasteiger partial charge is 0.465 e. The summed E-state index contributed by atoms with van der Waals surface area (Å²) in [4.78, 5) is 13.5. The van der Waals surface area contributed by atoms with E-state index >= 15 is 0 Å². The van der Waals surface area contributed by atoms with Crippen molar-refractivity contribution in [2.75, 3.05) is 13.2 Å². The topological polar surface area (TPSA) is 53.7 Å². The first-order chi connectivity index (χ1) is 7.81. The number of hydrogen-bond donors (Lipinski definition) is 1. The Kier molecular flexibility index (Phi) is 3.41. The van der Waals surface area contributed by atoms with Crippen LogP contribution in [0.25, 0.3) is 6.08 Å². The minimum absolute atomic E-state index is 0.0197. The van der Waals surface area contributed by atoms with Crippen molar-refractivity contribution < 1.29 is 14.3 Å². The molecule has 1 fully saturated rings. The Morgan fingerprint density at radius 1 is 1.69 bits per heavy atom. The number of aliphatic hydroxyl groups is 1. The molecule has 86 valence electrons. The van der Waals surface area contributed by atoms with E-state index in [1.165, 1.54) is 6.08 Å². The van der Waals surface area contributed by atoms with Gasteiger partial charge in [-0.25, -0.2) is 0 Å². The van der Waals surface area contributed by atoms with Crippen molar-refractivity contribution in [3.05, 3.63) is 30.2 Å². The van der Waals surface area contributed by atoms with Crippen LogP contribution in [0.1, 0.15) is 18.6 Å². The van der Waals surface area contributed by atoms with Gasteiger partial charge in [0.1, 0.15) is 5.76 Å². The maximum absolute atomic E-state index is 11.8. The number of nitrogens with zero attached hydrogens (tertiary/aromatic N) is 1. The molecule has 0 radical (unpaired) electrons. The number of amides is 1. The van der Waals surface area contributed by atoms with Crippen LogP contribution in [-0.4, -0.2) is 35.1 Å². The summed E-state index contributed by atoms with van der Waals surface area (Å²) in [7, 11) is 0. The quantitative estimate of drug-likeness (QED) is 0.782. The number of rotatable bonds is 3. The van der Waals surface area contributed by atoms with E-state index in [9.17, 15) is 4.79 Å². The molecule has 2 rings (SSSR count). The van der Waals surface area contributed by atoms with E-state index < -0.39 is 0 Å². The van der Waals surface area contributed by atoms with Crippen molar-refractivity contribution in [2.45, 2.75) is 18.9 Å². The van der Waals surface area contributed by atoms with E-state index in [0.717, 1.165) is 19.4 Å². The van der Waals surface area contributed by atoms with Crippen LogP contribution in [0.2, 0.25) is 0 Å². The van der Waals surface area contributed by atoms with Gasteiger partial charge in [-0.1, -0.05) is 0 Å². The van der Waals surface area contributed by atoms with Gasteiger partial charge in [0.05, 0.1) is 18.9 Å². The van der Waals surface area contributed by atoms with Gasteiger partial charge in [-0.3, -0.25) is 4.79 Å². The number of carbonyl (C=O) groups is 1. The Labute approximate surface area is 94.2 Å². The predicted molar refractivity (Wildman–Crippen MR) is 59.6 cm³/mol. The van der Waals surface area contributed by atoms with E-state index in [1.54, 1.807) is 29.4 Å². The maximum Gasteiger partial charge on any atom is 0.247 e. The van der Waals surface area contributed by atoms with Crippen molar-refractivity contribution >= 4 is 12.0 Å². The Bertz CT molecular complexity index is 370. The second-order valence-electron chi connectivity index (χ2n) is 3.86. The van der Waals surface area contributed by atoms with Crippen molar-refractivity contribution in [2.24, 2.45) is 0 Å². The number of carbonyl (C=O) groups excluding carboxylic acids is 1. The zero-order chi connectivity index (χ0) is 11.4. The Morgan fingerprint density at radius 2 is 2.56 bits per heavy atom. The zero-order valence-corrected chi connectivity index (χ0v) is 9.00. The van der Waals surface area contributed by atoms with E-state index in [4.69, 9.17) is 9.52 Å². The molecule has 16 heavy (non-hydrogen) atoms.